The van der Waals surface area contributed by atoms with E-state index in [0.717, 1.165) is 5.39 Å². The van der Waals surface area contributed by atoms with Crippen molar-refractivity contribution < 1.29 is 0 Å². The molecule has 0 spiro atoms. The van der Waals surface area contributed by atoms with Crippen LogP contribution in [0.25, 0.3) is 16.9 Å². The summed E-state index contributed by atoms with van der Waals surface area (Å²) in [7, 11) is 0. The van der Waals surface area contributed by atoms with Gasteiger partial charge in [-0.15, -0.1) is 0 Å². The topological polar surface area (TPSA) is 129 Å². The lowest BCUT2D eigenvalue weighted by atomic mass is 10.2. The van der Waals surface area contributed by atoms with Crippen molar-refractivity contribution in [2.75, 3.05) is 11.1 Å². The molecule has 8 nitrogen and oxygen atoms in total. The quantitative estimate of drug-likeness (QED) is 0.751. The number of nitrogens with two attached hydrogens (primary N) is 1. The van der Waals surface area contributed by atoms with Gasteiger partial charge in [-0.2, -0.15) is 20.3 Å². The van der Waals surface area contributed by atoms with Crippen molar-refractivity contribution in [3.63, 3.8) is 0 Å². The van der Waals surface area contributed by atoms with E-state index in [1.807, 2.05) is 6.07 Å². The SMILES string of the molecule is C[C@H](C#N)Nc1cc(-n2ncc3cc(C#N)cnc32)ncc1N. The average molecular weight is 304 g/mol. The lowest BCUT2D eigenvalue weighted by Crippen LogP contribution is -2.14. The Bertz CT molecular complexity index is 960. The van der Waals surface area contributed by atoms with Crippen LogP contribution in [0.1, 0.15) is 12.5 Å². The van der Waals surface area contributed by atoms with Crippen LogP contribution in [0.5, 0.6) is 0 Å². The molecule has 0 aliphatic heterocycles. The Morgan fingerprint density at radius 3 is 2.78 bits per heavy atom. The van der Waals surface area contributed by atoms with Crippen molar-refractivity contribution in [2.45, 2.75) is 13.0 Å². The van der Waals surface area contributed by atoms with Gasteiger partial charge < -0.3 is 11.1 Å². The van der Waals surface area contributed by atoms with Crippen LogP contribution in [0.15, 0.2) is 30.7 Å². The van der Waals surface area contributed by atoms with E-state index in [1.165, 1.54) is 12.4 Å². The number of rotatable bonds is 3. The van der Waals surface area contributed by atoms with Crippen molar-refractivity contribution in [1.29, 1.82) is 10.5 Å². The van der Waals surface area contributed by atoms with Gasteiger partial charge in [0.1, 0.15) is 12.1 Å². The number of fused-ring (bicyclic) bond motifs is 1. The molecule has 0 aliphatic carbocycles. The van der Waals surface area contributed by atoms with Gasteiger partial charge in [0.25, 0.3) is 0 Å². The standard InChI is InChI=1S/C15H12N8/c1-9(4-16)22-13-3-14(19-8-12(13)18)23-15-11(7-21-23)2-10(5-17)6-20-15/h2-3,6-9H,18H2,1H3,(H,19,22)/t9-/m1/s1. The summed E-state index contributed by atoms with van der Waals surface area (Å²) in [6.07, 6.45) is 4.60. The van der Waals surface area contributed by atoms with Crippen LogP contribution in [0.4, 0.5) is 11.4 Å². The van der Waals surface area contributed by atoms with Crippen molar-refractivity contribution in [3.8, 4) is 18.0 Å². The second-order valence-electron chi connectivity index (χ2n) is 4.93. The zero-order valence-electron chi connectivity index (χ0n) is 12.2. The van der Waals surface area contributed by atoms with E-state index in [2.05, 4.69) is 26.5 Å². The van der Waals surface area contributed by atoms with Gasteiger partial charge in [-0.05, 0) is 13.0 Å². The van der Waals surface area contributed by atoms with Crippen LogP contribution in [-0.4, -0.2) is 25.8 Å². The molecule has 0 fully saturated rings. The molecule has 3 aromatic rings. The van der Waals surface area contributed by atoms with Crippen molar-refractivity contribution >= 4 is 22.4 Å². The Balaban J connectivity index is 2.07. The van der Waals surface area contributed by atoms with E-state index >= 15 is 0 Å². The zero-order valence-corrected chi connectivity index (χ0v) is 12.2. The van der Waals surface area contributed by atoms with E-state index < -0.39 is 6.04 Å². The average Bonchev–Trinajstić information content (AvgIpc) is 2.99. The first-order chi connectivity index (χ1) is 11.1. The first kappa shape index (κ1) is 14.3. The Labute approximate surface area is 131 Å². The number of nitriles is 2. The summed E-state index contributed by atoms with van der Waals surface area (Å²) in [5.74, 6) is 0.513. The fraction of sp³-hybridized carbons (Fsp3) is 0.133. The third-order valence-electron chi connectivity index (χ3n) is 3.24. The van der Waals surface area contributed by atoms with Crippen molar-refractivity contribution in [3.05, 3.63) is 36.3 Å². The fourth-order valence-corrected chi connectivity index (χ4v) is 2.11. The number of aromatic nitrogens is 4. The summed E-state index contributed by atoms with van der Waals surface area (Å²) in [6.45, 7) is 1.73. The number of nitrogen functional groups attached to an aromatic ring is 1. The number of hydrogen-bond donors (Lipinski definition) is 2. The first-order valence-electron chi connectivity index (χ1n) is 6.78. The van der Waals surface area contributed by atoms with Gasteiger partial charge in [-0.1, -0.05) is 0 Å². The number of pyridine rings is 2. The molecule has 3 N–H and O–H groups in total. The summed E-state index contributed by atoms with van der Waals surface area (Å²) >= 11 is 0. The number of nitrogens with zero attached hydrogens (tertiary/aromatic N) is 6. The molecule has 0 radical (unpaired) electrons. The molecule has 23 heavy (non-hydrogen) atoms. The maximum atomic E-state index is 8.92. The highest BCUT2D eigenvalue weighted by atomic mass is 15.3. The van der Waals surface area contributed by atoms with Gasteiger partial charge in [0.2, 0.25) is 0 Å². The Hall–Kier alpha value is -3.65. The van der Waals surface area contributed by atoms with E-state index in [9.17, 15) is 0 Å². The molecule has 0 aliphatic rings. The molecule has 3 rings (SSSR count). The largest absolute Gasteiger partial charge is 0.396 e. The zero-order chi connectivity index (χ0) is 16.4. The highest BCUT2D eigenvalue weighted by molar-refractivity contribution is 5.78. The minimum Gasteiger partial charge on any atom is -0.396 e. The molecule has 0 amide bonds. The summed E-state index contributed by atoms with van der Waals surface area (Å²) < 4.78 is 1.55. The highest BCUT2D eigenvalue weighted by Gasteiger charge is 2.11. The van der Waals surface area contributed by atoms with Gasteiger partial charge in [-0.3, -0.25) is 0 Å². The Morgan fingerprint density at radius 2 is 2.04 bits per heavy atom. The molecular formula is C15H12N8. The maximum absolute atomic E-state index is 8.92. The number of nitrogens with one attached hydrogen (secondary N) is 1. The smallest absolute Gasteiger partial charge is 0.164 e. The van der Waals surface area contributed by atoms with Crippen LogP contribution < -0.4 is 11.1 Å². The van der Waals surface area contributed by atoms with E-state index in [-0.39, 0.29) is 0 Å². The number of hydrogen-bond acceptors (Lipinski definition) is 7. The minimum atomic E-state index is -0.391. The van der Waals surface area contributed by atoms with Gasteiger partial charge in [-0.25, -0.2) is 9.97 Å². The lowest BCUT2D eigenvalue weighted by molar-refractivity contribution is 0.862. The third-order valence-corrected chi connectivity index (χ3v) is 3.24. The predicted molar refractivity (Wildman–Crippen MR) is 84.5 cm³/mol. The molecule has 8 heteroatoms. The number of anilines is 2. The normalized spacial score (nSPS) is 11.6. The molecule has 112 valence electrons. The summed E-state index contributed by atoms with van der Waals surface area (Å²) in [5, 5.41) is 25.8. The van der Waals surface area contributed by atoms with Crippen LogP contribution in [0, 0.1) is 22.7 Å². The van der Waals surface area contributed by atoms with Crippen LogP contribution in [0.3, 0.4) is 0 Å². The lowest BCUT2D eigenvalue weighted by Gasteiger charge is -2.12. The molecular weight excluding hydrogens is 292 g/mol. The highest BCUT2D eigenvalue weighted by Crippen LogP contribution is 2.23. The van der Waals surface area contributed by atoms with Gasteiger partial charge in [0, 0.05) is 17.6 Å². The van der Waals surface area contributed by atoms with Gasteiger partial charge >= 0.3 is 0 Å². The Morgan fingerprint density at radius 1 is 1.22 bits per heavy atom. The molecule has 0 unspecified atom stereocenters. The fourth-order valence-electron chi connectivity index (χ4n) is 2.11. The summed E-state index contributed by atoms with van der Waals surface area (Å²) in [4.78, 5) is 8.51. The van der Waals surface area contributed by atoms with Crippen LogP contribution in [-0.2, 0) is 0 Å². The maximum Gasteiger partial charge on any atom is 0.164 e. The second-order valence-corrected chi connectivity index (χ2v) is 4.93. The van der Waals surface area contributed by atoms with Crippen molar-refractivity contribution in [1.82, 2.24) is 19.7 Å². The molecule has 3 aromatic heterocycles. The molecule has 3 heterocycles. The van der Waals surface area contributed by atoms with E-state index in [0.29, 0.717) is 28.4 Å². The molecule has 0 saturated heterocycles. The molecule has 0 saturated carbocycles. The van der Waals surface area contributed by atoms with E-state index in [1.54, 1.807) is 29.9 Å². The van der Waals surface area contributed by atoms with Crippen LogP contribution >= 0.6 is 0 Å². The predicted octanol–water partition coefficient (Wildman–Crippen LogP) is 1.59. The van der Waals surface area contributed by atoms with Gasteiger partial charge in [0.05, 0.1) is 35.4 Å². The minimum absolute atomic E-state index is 0.391. The molecule has 1 atom stereocenters. The summed E-state index contributed by atoms with van der Waals surface area (Å²) in [6, 6.07) is 7.15. The molecule has 0 aromatic carbocycles. The first-order valence-corrected chi connectivity index (χ1v) is 6.78. The summed E-state index contributed by atoms with van der Waals surface area (Å²) in [5.41, 5.74) is 7.97. The third kappa shape index (κ3) is 2.61. The monoisotopic (exact) mass is 304 g/mol. The van der Waals surface area contributed by atoms with Crippen LogP contribution in [0.2, 0.25) is 0 Å². The molecule has 0 bridgehead atoms. The van der Waals surface area contributed by atoms with E-state index in [4.69, 9.17) is 16.3 Å². The van der Waals surface area contributed by atoms with Gasteiger partial charge in [0.15, 0.2) is 11.5 Å². The second kappa shape index (κ2) is 5.62. The van der Waals surface area contributed by atoms with Crippen molar-refractivity contribution in [2.24, 2.45) is 0 Å². The Kier molecular flexibility index (Phi) is 3.49.